The summed E-state index contributed by atoms with van der Waals surface area (Å²) >= 11 is 0. The number of methoxy groups -OCH3 is 1. The summed E-state index contributed by atoms with van der Waals surface area (Å²) in [5.74, 6) is -0.921. The molecule has 0 aliphatic carbocycles. The number of nitrogens with one attached hydrogen (secondary N) is 1. The van der Waals surface area contributed by atoms with Gasteiger partial charge in [0.25, 0.3) is 0 Å². The number of nitrogens with two attached hydrogens (primary N) is 1. The van der Waals surface area contributed by atoms with Gasteiger partial charge < -0.3 is 15.8 Å². The van der Waals surface area contributed by atoms with Crippen LogP contribution in [0, 0.1) is 5.41 Å². The van der Waals surface area contributed by atoms with Gasteiger partial charge in [0, 0.05) is 5.41 Å². The van der Waals surface area contributed by atoms with E-state index in [1.807, 2.05) is 0 Å². The SMILES string of the molecule is COC(=O)NC(CC(N)=O)C(=O)C(C)(C)C. The molecule has 1 atom stereocenters. The standard InChI is InChI=1S/C10H18N2O4/c1-10(2,3)8(14)6(5-7(11)13)12-9(15)16-4/h6H,5H2,1-4H3,(H2,11,13)(H,12,15). The Morgan fingerprint density at radius 1 is 1.31 bits per heavy atom. The third-order valence-electron chi connectivity index (χ3n) is 1.94. The summed E-state index contributed by atoms with van der Waals surface area (Å²) in [5, 5.41) is 2.29. The molecule has 0 bridgehead atoms. The minimum Gasteiger partial charge on any atom is -0.453 e. The molecule has 0 saturated heterocycles. The van der Waals surface area contributed by atoms with Gasteiger partial charge >= 0.3 is 6.09 Å². The van der Waals surface area contributed by atoms with Crippen molar-refractivity contribution in [3.63, 3.8) is 0 Å². The topological polar surface area (TPSA) is 98.5 Å². The van der Waals surface area contributed by atoms with Crippen LogP contribution in [-0.4, -0.2) is 30.9 Å². The Bertz CT molecular complexity index is 294. The zero-order chi connectivity index (χ0) is 12.9. The molecular weight excluding hydrogens is 212 g/mol. The molecule has 0 aromatic carbocycles. The predicted octanol–water partition coefficient (Wildman–Crippen LogP) is 0.202. The predicted molar refractivity (Wildman–Crippen MR) is 57.6 cm³/mol. The van der Waals surface area contributed by atoms with E-state index in [4.69, 9.17) is 5.73 Å². The number of hydrogen-bond acceptors (Lipinski definition) is 4. The van der Waals surface area contributed by atoms with Crippen LogP contribution in [0.5, 0.6) is 0 Å². The van der Waals surface area contributed by atoms with E-state index in [-0.39, 0.29) is 12.2 Å². The second kappa shape index (κ2) is 5.48. The molecule has 3 N–H and O–H groups in total. The lowest BCUT2D eigenvalue weighted by atomic mass is 9.85. The average Bonchev–Trinajstić information content (AvgIpc) is 2.13. The lowest BCUT2D eigenvalue weighted by Crippen LogP contribution is -2.47. The van der Waals surface area contributed by atoms with Crippen LogP contribution in [0.25, 0.3) is 0 Å². The van der Waals surface area contributed by atoms with Crippen molar-refractivity contribution in [3.05, 3.63) is 0 Å². The van der Waals surface area contributed by atoms with Gasteiger partial charge in [0.15, 0.2) is 5.78 Å². The van der Waals surface area contributed by atoms with Gasteiger partial charge in [0.2, 0.25) is 5.91 Å². The number of ketones is 1. The fraction of sp³-hybridized carbons (Fsp3) is 0.700. The van der Waals surface area contributed by atoms with Crippen LogP contribution in [-0.2, 0) is 14.3 Å². The molecule has 0 radical (unpaired) electrons. The molecule has 0 aromatic rings. The highest BCUT2D eigenvalue weighted by atomic mass is 16.5. The summed E-state index contributed by atoms with van der Waals surface area (Å²) in [7, 11) is 1.18. The van der Waals surface area contributed by atoms with E-state index in [1.165, 1.54) is 7.11 Å². The number of hydrogen-bond donors (Lipinski definition) is 2. The van der Waals surface area contributed by atoms with Gasteiger partial charge in [-0.05, 0) is 0 Å². The van der Waals surface area contributed by atoms with Crippen molar-refractivity contribution >= 4 is 17.8 Å². The molecule has 6 nitrogen and oxygen atoms in total. The monoisotopic (exact) mass is 230 g/mol. The lowest BCUT2D eigenvalue weighted by molar-refractivity contribution is -0.131. The zero-order valence-electron chi connectivity index (χ0n) is 9.99. The molecule has 0 heterocycles. The number of Topliss-reactive ketones (excluding diaryl/α,β-unsaturated/α-hetero) is 1. The van der Waals surface area contributed by atoms with E-state index in [0.29, 0.717) is 0 Å². The van der Waals surface area contributed by atoms with E-state index in [9.17, 15) is 14.4 Å². The van der Waals surface area contributed by atoms with Crippen molar-refractivity contribution in [3.8, 4) is 0 Å². The summed E-state index contributed by atoms with van der Waals surface area (Å²) in [6.07, 6.45) is -0.991. The second-order valence-electron chi connectivity index (χ2n) is 4.47. The van der Waals surface area contributed by atoms with Gasteiger partial charge in [-0.2, -0.15) is 0 Å². The summed E-state index contributed by atoms with van der Waals surface area (Å²) in [5.41, 5.74) is 4.34. The van der Waals surface area contributed by atoms with Crippen molar-refractivity contribution in [2.75, 3.05) is 7.11 Å². The molecule has 0 aliphatic heterocycles. The first-order valence-electron chi connectivity index (χ1n) is 4.85. The lowest BCUT2D eigenvalue weighted by Gasteiger charge is -2.24. The van der Waals surface area contributed by atoms with E-state index in [2.05, 4.69) is 10.1 Å². The highest BCUT2D eigenvalue weighted by molar-refractivity contribution is 5.94. The molecule has 0 aromatic heterocycles. The molecule has 1 unspecified atom stereocenters. The zero-order valence-corrected chi connectivity index (χ0v) is 9.99. The number of alkyl carbamates (subject to hydrolysis) is 1. The van der Waals surface area contributed by atoms with Gasteiger partial charge in [-0.25, -0.2) is 4.79 Å². The van der Waals surface area contributed by atoms with Gasteiger partial charge in [-0.3, -0.25) is 9.59 Å². The van der Waals surface area contributed by atoms with Gasteiger partial charge in [0.05, 0.1) is 13.5 Å². The first-order chi connectivity index (χ1) is 7.18. The van der Waals surface area contributed by atoms with Crippen molar-refractivity contribution in [1.82, 2.24) is 5.32 Å². The van der Waals surface area contributed by atoms with Gasteiger partial charge in [-0.1, -0.05) is 20.8 Å². The molecule has 2 amide bonds. The summed E-state index contributed by atoms with van der Waals surface area (Å²) in [6, 6.07) is -0.940. The van der Waals surface area contributed by atoms with E-state index in [1.54, 1.807) is 20.8 Å². The number of amides is 2. The molecular formula is C10H18N2O4. The Labute approximate surface area is 94.5 Å². The van der Waals surface area contributed by atoms with Gasteiger partial charge in [-0.15, -0.1) is 0 Å². The number of carbonyl (C=O) groups excluding carboxylic acids is 3. The molecule has 16 heavy (non-hydrogen) atoms. The maximum absolute atomic E-state index is 11.9. The van der Waals surface area contributed by atoms with Crippen molar-refractivity contribution in [1.29, 1.82) is 0 Å². The third kappa shape index (κ3) is 4.77. The van der Waals surface area contributed by atoms with Crippen molar-refractivity contribution in [2.24, 2.45) is 11.1 Å². The molecule has 0 saturated carbocycles. The molecule has 92 valence electrons. The van der Waals surface area contributed by atoms with Crippen LogP contribution in [0.1, 0.15) is 27.2 Å². The minimum atomic E-state index is -0.940. The maximum atomic E-state index is 11.9. The quantitative estimate of drug-likeness (QED) is 0.720. The number of carbonyl (C=O) groups is 3. The summed E-state index contributed by atoms with van der Waals surface area (Å²) in [6.45, 7) is 5.09. The third-order valence-corrected chi connectivity index (χ3v) is 1.94. The second-order valence-corrected chi connectivity index (χ2v) is 4.47. The molecule has 0 spiro atoms. The smallest absolute Gasteiger partial charge is 0.407 e. The number of ether oxygens (including phenoxy) is 1. The minimum absolute atomic E-state index is 0.231. The largest absolute Gasteiger partial charge is 0.453 e. The maximum Gasteiger partial charge on any atom is 0.407 e. The van der Waals surface area contributed by atoms with Crippen LogP contribution < -0.4 is 11.1 Å². The molecule has 6 heteroatoms. The van der Waals surface area contributed by atoms with E-state index >= 15 is 0 Å². The fourth-order valence-corrected chi connectivity index (χ4v) is 1.13. The average molecular weight is 230 g/mol. The summed E-state index contributed by atoms with van der Waals surface area (Å²) in [4.78, 5) is 33.7. The van der Waals surface area contributed by atoms with Crippen LogP contribution in [0.3, 0.4) is 0 Å². The highest BCUT2D eigenvalue weighted by Crippen LogP contribution is 2.18. The van der Waals surface area contributed by atoms with Crippen molar-refractivity contribution < 1.29 is 19.1 Å². The molecule has 0 fully saturated rings. The fourth-order valence-electron chi connectivity index (χ4n) is 1.13. The number of primary amides is 1. The Hall–Kier alpha value is -1.59. The Morgan fingerprint density at radius 2 is 1.81 bits per heavy atom. The van der Waals surface area contributed by atoms with Crippen LogP contribution in [0.4, 0.5) is 4.79 Å². The normalized spacial score (nSPS) is 12.8. The molecule has 0 aliphatic rings. The van der Waals surface area contributed by atoms with Gasteiger partial charge in [0.1, 0.15) is 6.04 Å². The first-order valence-corrected chi connectivity index (χ1v) is 4.85. The van der Waals surface area contributed by atoms with E-state index < -0.39 is 23.5 Å². The van der Waals surface area contributed by atoms with Crippen LogP contribution in [0.2, 0.25) is 0 Å². The number of rotatable bonds is 4. The Morgan fingerprint density at radius 3 is 2.12 bits per heavy atom. The Balaban J connectivity index is 4.73. The Kier molecular flexibility index (Phi) is 4.94. The van der Waals surface area contributed by atoms with Crippen LogP contribution >= 0.6 is 0 Å². The van der Waals surface area contributed by atoms with Crippen LogP contribution in [0.15, 0.2) is 0 Å². The first kappa shape index (κ1) is 14.4. The summed E-state index contributed by atoms with van der Waals surface area (Å²) < 4.78 is 4.37. The van der Waals surface area contributed by atoms with E-state index in [0.717, 1.165) is 0 Å². The van der Waals surface area contributed by atoms with Crippen molar-refractivity contribution in [2.45, 2.75) is 33.2 Å². The molecule has 0 rings (SSSR count). The highest BCUT2D eigenvalue weighted by Gasteiger charge is 2.31.